The molecular formula is C19H16N2O3S. The lowest BCUT2D eigenvalue weighted by Crippen LogP contribution is -2.09. The summed E-state index contributed by atoms with van der Waals surface area (Å²) in [5, 5.41) is 9.69. The first-order chi connectivity index (χ1) is 12.2. The molecule has 4 rings (SSSR count). The average Bonchev–Trinajstić information content (AvgIpc) is 2.61. The molecule has 0 unspecified atom stereocenters. The Morgan fingerprint density at radius 2 is 2.12 bits per heavy atom. The lowest BCUT2D eigenvalue weighted by atomic mass is 10.0. The van der Waals surface area contributed by atoms with Crippen LogP contribution in [0.1, 0.15) is 18.1 Å². The molecule has 2 heterocycles. The fourth-order valence-electron chi connectivity index (χ4n) is 2.89. The summed E-state index contributed by atoms with van der Waals surface area (Å²) in [5.74, 6) is 2.70. The second kappa shape index (κ2) is 6.22. The fourth-order valence-corrected chi connectivity index (χ4v) is 3.14. The van der Waals surface area contributed by atoms with E-state index < -0.39 is 0 Å². The number of aromatic hydroxyl groups is 1. The highest BCUT2D eigenvalue weighted by Gasteiger charge is 2.23. The standard InChI is InChI=1S/C19H16N2O3S/c1-2-23-15-8-4-5-11-10-14-18(24-16(11)15)20-17(21-19(14)25)12-6-3-7-13(22)9-12/h3-9,22H,2,10H2,1H3,(H,20,21,25). The van der Waals surface area contributed by atoms with E-state index in [9.17, 15) is 5.11 Å². The second-order valence-electron chi connectivity index (χ2n) is 5.70. The maximum absolute atomic E-state index is 9.69. The van der Waals surface area contributed by atoms with Crippen molar-refractivity contribution in [2.75, 3.05) is 6.61 Å². The van der Waals surface area contributed by atoms with Gasteiger partial charge in [0, 0.05) is 17.5 Å². The smallest absolute Gasteiger partial charge is 0.205 e. The first kappa shape index (κ1) is 15.7. The van der Waals surface area contributed by atoms with Crippen molar-refractivity contribution in [3.05, 3.63) is 58.2 Å². The molecule has 0 spiro atoms. The lowest BCUT2D eigenvalue weighted by molar-refractivity contribution is 0.315. The zero-order valence-corrected chi connectivity index (χ0v) is 14.4. The molecule has 0 aliphatic carbocycles. The molecule has 6 heteroatoms. The van der Waals surface area contributed by atoms with Gasteiger partial charge in [0.2, 0.25) is 5.88 Å². The second-order valence-corrected chi connectivity index (χ2v) is 6.09. The van der Waals surface area contributed by atoms with Crippen LogP contribution in [-0.2, 0) is 6.42 Å². The maximum atomic E-state index is 9.69. The van der Waals surface area contributed by atoms with Crippen LogP contribution in [0.2, 0.25) is 0 Å². The average molecular weight is 352 g/mol. The maximum Gasteiger partial charge on any atom is 0.205 e. The van der Waals surface area contributed by atoms with Gasteiger partial charge < -0.3 is 19.6 Å². The number of benzene rings is 2. The van der Waals surface area contributed by atoms with Crippen molar-refractivity contribution < 1.29 is 14.6 Å². The molecule has 1 aliphatic heterocycles. The van der Waals surface area contributed by atoms with E-state index in [-0.39, 0.29) is 5.75 Å². The van der Waals surface area contributed by atoms with Gasteiger partial charge in [-0.25, -0.2) is 4.98 Å². The number of phenols is 1. The van der Waals surface area contributed by atoms with E-state index in [4.69, 9.17) is 21.7 Å². The van der Waals surface area contributed by atoms with Gasteiger partial charge in [0.25, 0.3) is 0 Å². The number of para-hydroxylation sites is 1. The van der Waals surface area contributed by atoms with Crippen molar-refractivity contribution in [2.24, 2.45) is 0 Å². The fraction of sp³-hybridized carbons (Fsp3) is 0.158. The van der Waals surface area contributed by atoms with Crippen LogP contribution in [0.25, 0.3) is 11.4 Å². The van der Waals surface area contributed by atoms with Crippen molar-refractivity contribution in [1.29, 1.82) is 0 Å². The molecule has 0 radical (unpaired) electrons. The van der Waals surface area contributed by atoms with Gasteiger partial charge in [0.15, 0.2) is 11.5 Å². The zero-order chi connectivity index (χ0) is 17.4. The van der Waals surface area contributed by atoms with E-state index >= 15 is 0 Å². The monoisotopic (exact) mass is 352 g/mol. The Kier molecular flexibility index (Phi) is 3.89. The molecule has 25 heavy (non-hydrogen) atoms. The van der Waals surface area contributed by atoms with Gasteiger partial charge in [0.05, 0.1) is 12.2 Å². The lowest BCUT2D eigenvalue weighted by Gasteiger charge is -2.22. The summed E-state index contributed by atoms with van der Waals surface area (Å²) in [6.07, 6.45) is 0.633. The number of nitrogens with zero attached hydrogens (tertiary/aromatic N) is 1. The van der Waals surface area contributed by atoms with Gasteiger partial charge in [0.1, 0.15) is 16.2 Å². The zero-order valence-electron chi connectivity index (χ0n) is 13.6. The predicted octanol–water partition coefficient (Wildman–Crippen LogP) is 4.61. The minimum absolute atomic E-state index is 0.168. The quantitative estimate of drug-likeness (QED) is 0.527. The highest BCUT2D eigenvalue weighted by Crippen LogP contribution is 2.42. The van der Waals surface area contributed by atoms with Crippen molar-refractivity contribution in [1.82, 2.24) is 9.97 Å². The molecule has 1 aliphatic rings. The van der Waals surface area contributed by atoms with E-state index in [1.165, 1.54) is 0 Å². The van der Waals surface area contributed by atoms with Gasteiger partial charge in [-0.3, -0.25) is 0 Å². The highest BCUT2D eigenvalue weighted by molar-refractivity contribution is 7.71. The van der Waals surface area contributed by atoms with Crippen LogP contribution in [0, 0.1) is 4.64 Å². The molecule has 0 fully saturated rings. The first-order valence-electron chi connectivity index (χ1n) is 8.01. The van der Waals surface area contributed by atoms with Crippen LogP contribution in [0.15, 0.2) is 42.5 Å². The largest absolute Gasteiger partial charge is 0.508 e. The molecule has 0 saturated carbocycles. The Morgan fingerprint density at radius 1 is 1.28 bits per heavy atom. The third-order valence-corrected chi connectivity index (χ3v) is 4.37. The van der Waals surface area contributed by atoms with Crippen LogP contribution in [0.5, 0.6) is 23.1 Å². The van der Waals surface area contributed by atoms with E-state index in [0.717, 1.165) is 16.7 Å². The Bertz CT molecular complexity index is 1010. The van der Waals surface area contributed by atoms with E-state index in [0.29, 0.717) is 40.9 Å². The summed E-state index contributed by atoms with van der Waals surface area (Å²) >= 11 is 5.47. The summed E-state index contributed by atoms with van der Waals surface area (Å²) in [4.78, 5) is 7.66. The Hall–Kier alpha value is -2.86. The molecule has 0 amide bonds. The van der Waals surface area contributed by atoms with Crippen LogP contribution in [0.4, 0.5) is 0 Å². The molecule has 3 aromatic rings. The number of H-pyrrole nitrogens is 1. The van der Waals surface area contributed by atoms with Gasteiger partial charge in [-0.05, 0) is 25.1 Å². The van der Waals surface area contributed by atoms with Crippen molar-refractivity contribution >= 4 is 12.2 Å². The molecule has 5 nitrogen and oxygen atoms in total. The summed E-state index contributed by atoms with van der Waals surface area (Å²) in [6.45, 7) is 2.50. The summed E-state index contributed by atoms with van der Waals surface area (Å²) in [6, 6.07) is 12.7. The van der Waals surface area contributed by atoms with Crippen LogP contribution in [-0.4, -0.2) is 21.7 Å². The molecule has 1 aromatic heterocycles. The molecular weight excluding hydrogens is 336 g/mol. The van der Waals surface area contributed by atoms with Crippen LogP contribution < -0.4 is 9.47 Å². The molecule has 0 bridgehead atoms. The number of rotatable bonds is 3. The summed E-state index contributed by atoms with van der Waals surface area (Å²) in [5.41, 5.74) is 2.60. The van der Waals surface area contributed by atoms with E-state index in [2.05, 4.69) is 9.97 Å². The van der Waals surface area contributed by atoms with Crippen molar-refractivity contribution in [3.8, 4) is 34.5 Å². The number of nitrogens with one attached hydrogen (secondary N) is 1. The minimum Gasteiger partial charge on any atom is -0.508 e. The van der Waals surface area contributed by atoms with Crippen molar-refractivity contribution in [3.63, 3.8) is 0 Å². The first-order valence-corrected chi connectivity index (χ1v) is 8.41. The Morgan fingerprint density at radius 3 is 2.92 bits per heavy atom. The number of hydrogen-bond acceptors (Lipinski definition) is 5. The van der Waals surface area contributed by atoms with Crippen molar-refractivity contribution in [2.45, 2.75) is 13.3 Å². The normalized spacial score (nSPS) is 12.0. The number of hydrogen-bond donors (Lipinski definition) is 2. The van der Waals surface area contributed by atoms with E-state index in [1.54, 1.807) is 18.2 Å². The SMILES string of the molecule is CCOc1cccc2c1Oc1[nH]c(-c3cccc(O)c3)nc(=S)c1C2. The van der Waals surface area contributed by atoms with Crippen LogP contribution >= 0.6 is 12.2 Å². The molecule has 0 saturated heterocycles. The molecule has 126 valence electrons. The number of phenolic OH excluding ortho intramolecular Hbond substituents is 1. The third kappa shape index (κ3) is 2.85. The van der Waals surface area contributed by atoms with Gasteiger partial charge in [-0.2, -0.15) is 0 Å². The summed E-state index contributed by atoms with van der Waals surface area (Å²) < 4.78 is 12.2. The highest BCUT2D eigenvalue weighted by atomic mass is 32.1. The van der Waals surface area contributed by atoms with Gasteiger partial charge >= 0.3 is 0 Å². The number of aromatic amines is 1. The molecule has 0 atom stereocenters. The summed E-state index contributed by atoms with van der Waals surface area (Å²) in [7, 11) is 0. The molecule has 2 N–H and O–H groups in total. The van der Waals surface area contributed by atoms with Crippen LogP contribution in [0.3, 0.4) is 0 Å². The number of aromatic nitrogens is 2. The predicted molar refractivity (Wildman–Crippen MR) is 97.0 cm³/mol. The number of fused-ring (bicyclic) bond motifs is 2. The minimum atomic E-state index is 0.168. The van der Waals surface area contributed by atoms with E-state index in [1.807, 2.05) is 31.2 Å². The van der Waals surface area contributed by atoms with Gasteiger partial charge in [-0.15, -0.1) is 0 Å². The Labute approximate surface area is 149 Å². The van der Waals surface area contributed by atoms with Gasteiger partial charge in [-0.1, -0.05) is 36.5 Å². The number of ether oxygens (including phenoxy) is 2. The Balaban J connectivity index is 1.81. The molecule has 2 aromatic carbocycles. The third-order valence-electron chi connectivity index (χ3n) is 4.03. The topological polar surface area (TPSA) is 67.4 Å².